The Balaban J connectivity index is 1.96. The molecular weight excluding hydrogens is 236 g/mol. The lowest BCUT2D eigenvalue weighted by molar-refractivity contribution is -0.141. The molecule has 2 unspecified atom stereocenters. The van der Waals surface area contributed by atoms with Crippen molar-refractivity contribution in [3.8, 4) is 0 Å². The van der Waals surface area contributed by atoms with Gasteiger partial charge in [0.1, 0.15) is 0 Å². The lowest BCUT2D eigenvalue weighted by Gasteiger charge is -2.21. The van der Waals surface area contributed by atoms with E-state index in [4.69, 9.17) is 9.84 Å². The third-order valence-corrected chi connectivity index (χ3v) is 3.28. The van der Waals surface area contributed by atoms with E-state index in [2.05, 4.69) is 15.5 Å². The topological polar surface area (TPSA) is 90.1 Å². The third kappa shape index (κ3) is 3.04. The van der Waals surface area contributed by atoms with Crippen LogP contribution in [0.25, 0.3) is 0 Å². The van der Waals surface area contributed by atoms with Gasteiger partial charge in [-0.05, 0) is 29.7 Å². The summed E-state index contributed by atoms with van der Waals surface area (Å²) in [6.07, 6.45) is 2.57. The van der Waals surface area contributed by atoms with Crippen molar-refractivity contribution in [2.75, 3.05) is 13.2 Å². The van der Waals surface area contributed by atoms with Crippen molar-refractivity contribution in [3.63, 3.8) is 0 Å². The molecule has 0 aliphatic carbocycles. The Hall–Kier alpha value is -1.50. The first kappa shape index (κ1) is 12.9. The fourth-order valence-corrected chi connectivity index (χ4v) is 2.05. The van der Waals surface area contributed by atoms with Crippen molar-refractivity contribution >= 4 is 5.97 Å². The van der Waals surface area contributed by atoms with E-state index in [1.807, 2.05) is 0 Å². The number of aromatic nitrogens is 4. The summed E-state index contributed by atoms with van der Waals surface area (Å²) in [5.74, 6) is -0.128. The largest absolute Gasteiger partial charge is 0.481 e. The van der Waals surface area contributed by atoms with E-state index in [-0.39, 0.29) is 11.8 Å². The van der Waals surface area contributed by atoms with Crippen LogP contribution in [0, 0.1) is 5.92 Å². The number of aliphatic carboxylic acids is 1. The fraction of sp³-hybridized carbons (Fsp3) is 0.818. The second kappa shape index (κ2) is 5.90. The van der Waals surface area contributed by atoms with E-state index in [0.29, 0.717) is 19.6 Å². The highest BCUT2D eigenvalue weighted by atomic mass is 16.5. The number of carbonyl (C=O) groups is 1. The van der Waals surface area contributed by atoms with E-state index in [1.165, 1.54) is 0 Å². The van der Waals surface area contributed by atoms with Gasteiger partial charge in [-0.2, -0.15) is 0 Å². The third-order valence-electron chi connectivity index (χ3n) is 3.28. The summed E-state index contributed by atoms with van der Waals surface area (Å²) in [6.45, 7) is 3.67. The summed E-state index contributed by atoms with van der Waals surface area (Å²) in [7, 11) is 0. The molecule has 0 aromatic carbocycles. The molecule has 100 valence electrons. The van der Waals surface area contributed by atoms with Gasteiger partial charge in [-0.3, -0.25) is 4.79 Å². The van der Waals surface area contributed by atoms with Crippen LogP contribution in [0.1, 0.15) is 37.9 Å². The Bertz CT molecular complexity index is 401. The van der Waals surface area contributed by atoms with E-state index >= 15 is 0 Å². The molecule has 1 saturated heterocycles. The van der Waals surface area contributed by atoms with Crippen LogP contribution in [-0.2, 0) is 16.1 Å². The number of ether oxygens (including phenoxy) is 1. The van der Waals surface area contributed by atoms with Gasteiger partial charge in [-0.25, -0.2) is 4.68 Å². The number of rotatable bonds is 5. The quantitative estimate of drug-likeness (QED) is 0.830. The summed E-state index contributed by atoms with van der Waals surface area (Å²) in [6, 6.07) is 0. The standard InChI is InChI=1S/C11H18N4O3/c1-8(11(16)17)4-5-15-10(12-13-14-15)9-3-2-6-18-7-9/h8-9H,2-7H2,1H3,(H,16,17). The molecular formula is C11H18N4O3. The molecule has 7 heteroatoms. The summed E-state index contributed by atoms with van der Waals surface area (Å²) < 4.78 is 7.13. The zero-order chi connectivity index (χ0) is 13.0. The Kier molecular flexibility index (Phi) is 4.24. The maximum atomic E-state index is 10.8. The first-order valence-corrected chi connectivity index (χ1v) is 6.25. The second-order valence-electron chi connectivity index (χ2n) is 4.70. The predicted molar refractivity (Wildman–Crippen MR) is 62.0 cm³/mol. The minimum absolute atomic E-state index is 0.230. The molecule has 1 aromatic rings. The predicted octanol–water partition coefficient (Wildman–Crippen LogP) is 0.678. The van der Waals surface area contributed by atoms with Gasteiger partial charge >= 0.3 is 5.97 Å². The molecule has 18 heavy (non-hydrogen) atoms. The van der Waals surface area contributed by atoms with E-state index in [0.717, 1.165) is 25.3 Å². The van der Waals surface area contributed by atoms with Crippen LogP contribution in [0.5, 0.6) is 0 Å². The van der Waals surface area contributed by atoms with Crippen molar-refractivity contribution in [2.45, 2.75) is 38.6 Å². The molecule has 0 spiro atoms. The number of nitrogens with zero attached hydrogens (tertiary/aromatic N) is 4. The van der Waals surface area contributed by atoms with Gasteiger partial charge in [-0.15, -0.1) is 5.10 Å². The van der Waals surface area contributed by atoms with Crippen molar-refractivity contribution in [3.05, 3.63) is 5.82 Å². The first-order chi connectivity index (χ1) is 8.68. The number of aryl methyl sites for hydroxylation is 1. The van der Waals surface area contributed by atoms with E-state index < -0.39 is 5.97 Å². The summed E-state index contributed by atoms with van der Waals surface area (Å²) in [4.78, 5) is 10.8. The molecule has 0 radical (unpaired) electrons. The summed E-state index contributed by atoms with van der Waals surface area (Å²) in [5.41, 5.74) is 0. The van der Waals surface area contributed by atoms with E-state index in [1.54, 1.807) is 11.6 Å². The van der Waals surface area contributed by atoms with Crippen molar-refractivity contribution in [2.24, 2.45) is 5.92 Å². The molecule has 1 fully saturated rings. The van der Waals surface area contributed by atoms with Gasteiger partial charge in [0.2, 0.25) is 0 Å². The number of hydrogen-bond donors (Lipinski definition) is 1. The average Bonchev–Trinajstić information content (AvgIpc) is 2.85. The van der Waals surface area contributed by atoms with Crippen LogP contribution in [0.4, 0.5) is 0 Å². The van der Waals surface area contributed by atoms with Gasteiger partial charge < -0.3 is 9.84 Å². The number of carboxylic acids is 1. The SMILES string of the molecule is CC(CCn1nnnc1C1CCCOC1)C(=O)O. The molecule has 1 aliphatic heterocycles. The molecule has 1 aromatic heterocycles. The minimum Gasteiger partial charge on any atom is -0.481 e. The fourth-order valence-electron chi connectivity index (χ4n) is 2.05. The zero-order valence-electron chi connectivity index (χ0n) is 10.4. The molecule has 0 saturated carbocycles. The smallest absolute Gasteiger partial charge is 0.306 e. The molecule has 1 aliphatic rings. The van der Waals surface area contributed by atoms with Gasteiger partial charge in [-0.1, -0.05) is 6.92 Å². The number of carboxylic acid groups (broad SMARTS) is 1. The molecule has 1 N–H and O–H groups in total. The Morgan fingerprint density at radius 3 is 3.17 bits per heavy atom. The average molecular weight is 254 g/mol. The highest BCUT2D eigenvalue weighted by molar-refractivity contribution is 5.69. The maximum Gasteiger partial charge on any atom is 0.306 e. The minimum atomic E-state index is -0.786. The van der Waals surface area contributed by atoms with Crippen molar-refractivity contribution in [1.29, 1.82) is 0 Å². The first-order valence-electron chi connectivity index (χ1n) is 6.25. The molecule has 2 heterocycles. The molecule has 7 nitrogen and oxygen atoms in total. The van der Waals surface area contributed by atoms with Crippen LogP contribution in [0.15, 0.2) is 0 Å². The summed E-state index contributed by atoms with van der Waals surface area (Å²) in [5, 5.41) is 20.5. The van der Waals surface area contributed by atoms with Crippen LogP contribution >= 0.6 is 0 Å². The highest BCUT2D eigenvalue weighted by Crippen LogP contribution is 2.23. The van der Waals surface area contributed by atoms with Crippen molar-refractivity contribution in [1.82, 2.24) is 20.2 Å². The maximum absolute atomic E-state index is 10.8. The van der Waals surface area contributed by atoms with Gasteiger partial charge in [0.05, 0.1) is 12.5 Å². The molecule has 0 bridgehead atoms. The molecule has 0 amide bonds. The highest BCUT2D eigenvalue weighted by Gasteiger charge is 2.22. The second-order valence-corrected chi connectivity index (χ2v) is 4.70. The normalized spacial score (nSPS) is 21.7. The Morgan fingerprint density at radius 2 is 2.50 bits per heavy atom. The monoisotopic (exact) mass is 254 g/mol. The van der Waals surface area contributed by atoms with Gasteiger partial charge in [0.25, 0.3) is 0 Å². The zero-order valence-corrected chi connectivity index (χ0v) is 10.4. The van der Waals surface area contributed by atoms with Gasteiger partial charge in [0, 0.05) is 19.1 Å². The lowest BCUT2D eigenvalue weighted by atomic mass is 10.0. The van der Waals surface area contributed by atoms with Crippen molar-refractivity contribution < 1.29 is 14.6 Å². The van der Waals surface area contributed by atoms with Crippen LogP contribution in [-0.4, -0.2) is 44.5 Å². The Labute approximate surface area is 105 Å². The summed E-state index contributed by atoms with van der Waals surface area (Å²) >= 11 is 0. The van der Waals surface area contributed by atoms with Crippen LogP contribution < -0.4 is 0 Å². The molecule has 2 atom stereocenters. The van der Waals surface area contributed by atoms with E-state index in [9.17, 15) is 4.79 Å². The van der Waals surface area contributed by atoms with Gasteiger partial charge in [0.15, 0.2) is 5.82 Å². The van der Waals surface area contributed by atoms with Crippen LogP contribution in [0.2, 0.25) is 0 Å². The number of tetrazole rings is 1. The lowest BCUT2D eigenvalue weighted by Crippen LogP contribution is -2.21. The van der Waals surface area contributed by atoms with Crippen LogP contribution in [0.3, 0.4) is 0 Å². The number of hydrogen-bond acceptors (Lipinski definition) is 5. The molecule has 2 rings (SSSR count). The Morgan fingerprint density at radius 1 is 1.67 bits per heavy atom.